The minimum absolute atomic E-state index is 0.0724. The van der Waals surface area contributed by atoms with Gasteiger partial charge in [0.1, 0.15) is 5.82 Å². The largest absolute Gasteiger partial charge is 0.478 e. The standard InChI is InChI=1S/C14H17FN2O3/c1-8(9-3-2-4-9)16-14(20)17-10-5-6-12(15)11(7-10)13(18)19/h5-9H,2-4H2,1H3,(H,18,19)(H2,16,17,20). The van der Waals surface area contributed by atoms with Crippen LogP contribution < -0.4 is 10.6 Å². The van der Waals surface area contributed by atoms with Gasteiger partial charge in [0.15, 0.2) is 0 Å². The number of benzene rings is 1. The number of carboxylic acids is 1. The molecule has 1 unspecified atom stereocenters. The van der Waals surface area contributed by atoms with Crippen LogP contribution in [-0.2, 0) is 0 Å². The Morgan fingerprint density at radius 1 is 1.40 bits per heavy atom. The summed E-state index contributed by atoms with van der Waals surface area (Å²) in [6.07, 6.45) is 3.42. The van der Waals surface area contributed by atoms with Crippen molar-refractivity contribution in [1.82, 2.24) is 5.32 Å². The molecule has 0 aliphatic heterocycles. The Morgan fingerprint density at radius 2 is 2.10 bits per heavy atom. The summed E-state index contributed by atoms with van der Waals surface area (Å²) >= 11 is 0. The third-order valence-electron chi connectivity index (χ3n) is 3.67. The SMILES string of the molecule is CC(NC(=O)Nc1ccc(F)c(C(=O)O)c1)C1CCC1. The second kappa shape index (κ2) is 5.90. The van der Waals surface area contributed by atoms with Gasteiger partial charge in [0.25, 0.3) is 0 Å². The number of hydrogen-bond acceptors (Lipinski definition) is 2. The first-order valence-corrected chi connectivity index (χ1v) is 6.57. The molecule has 1 aromatic rings. The molecule has 1 fully saturated rings. The molecular weight excluding hydrogens is 263 g/mol. The number of aromatic carboxylic acids is 1. The third-order valence-corrected chi connectivity index (χ3v) is 3.67. The molecular formula is C14H17FN2O3. The molecule has 0 radical (unpaired) electrons. The van der Waals surface area contributed by atoms with Crippen molar-refractivity contribution in [2.75, 3.05) is 5.32 Å². The average molecular weight is 280 g/mol. The van der Waals surface area contributed by atoms with Crippen molar-refractivity contribution in [2.45, 2.75) is 32.2 Å². The predicted octanol–water partition coefficient (Wildman–Crippen LogP) is 2.83. The predicted molar refractivity (Wildman–Crippen MR) is 72.3 cm³/mol. The Kier molecular flexibility index (Phi) is 4.22. The summed E-state index contributed by atoms with van der Waals surface area (Å²) in [4.78, 5) is 22.6. The Morgan fingerprint density at radius 3 is 2.65 bits per heavy atom. The van der Waals surface area contributed by atoms with Crippen molar-refractivity contribution in [2.24, 2.45) is 5.92 Å². The molecule has 2 amide bonds. The van der Waals surface area contributed by atoms with E-state index in [4.69, 9.17) is 5.11 Å². The highest BCUT2D eigenvalue weighted by molar-refractivity contribution is 5.93. The summed E-state index contributed by atoms with van der Waals surface area (Å²) < 4.78 is 13.2. The van der Waals surface area contributed by atoms with Crippen LogP contribution in [-0.4, -0.2) is 23.1 Å². The van der Waals surface area contributed by atoms with Crippen molar-refractivity contribution in [3.63, 3.8) is 0 Å². The topological polar surface area (TPSA) is 78.4 Å². The fourth-order valence-electron chi connectivity index (χ4n) is 2.20. The minimum atomic E-state index is -1.37. The highest BCUT2D eigenvalue weighted by Crippen LogP contribution is 2.29. The average Bonchev–Trinajstić information content (AvgIpc) is 2.28. The van der Waals surface area contributed by atoms with Crippen molar-refractivity contribution >= 4 is 17.7 Å². The van der Waals surface area contributed by atoms with Crippen molar-refractivity contribution in [3.8, 4) is 0 Å². The van der Waals surface area contributed by atoms with E-state index in [0.29, 0.717) is 5.92 Å². The zero-order valence-electron chi connectivity index (χ0n) is 11.1. The Bertz CT molecular complexity index is 529. The highest BCUT2D eigenvalue weighted by Gasteiger charge is 2.25. The summed E-state index contributed by atoms with van der Waals surface area (Å²) in [7, 11) is 0. The van der Waals surface area contributed by atoms with E-state index >= 15 is 0 Å². The number of nitrogens with one attached hydrogen (secondary N) is 2. The van der Waals surface area contributed by atoms with E-state index < -0.39 is 23.4 Å². The highest BCUT2D eigenvalue weighted by atomic mass is 19.1. The normalized spacial score (nSPS) is 16.1. The maximum absolute atomic E-state index is 13.2. The molecule has 1 aliphatic rings. The summed E-state index contributed by atoms with van der Waals surface area (Å²) in [6.45, 7) is 1.94. The fraction of sp³-hybridized carbons (Fsp3) is 0.429. The molecule has 1 atom stereocenters. The van der Waals surface area contributed by atoms with Gasteiger partial charge in [-0.2, -0.15) is 0 Å². The van der Waals surface area contributed by atoms with Crippen LogP contribution in [0.15, 0.2) is 18.2 Å². The molecule has 0 aromatic heterocycles. The minimum Gasteiger partial charge on any atom is -0.478 e. The number of amides is 2. The molecule has 1 aliphatic carbocycles. The lowest BCUT2D eigenvalue weighted by atomic mass is 9.80. The maximum atomic E-state index is 13.2. The fourth-order valence-corrected chi connectivity index (χ4v) is 2.20. The van der Waals surface area contributed by atoms with Crippen molar-refractivity contribution < 1.29 is 19.1 Å². The Hall–Kier alpha value is -2.11. The van der Waals surface area contributed by atoms with Crippen LogP contribution in [0.1, 0.15) is 36.5 Å². The molecule has 0 heterocycles. The van der Waals surface area contributed by atoms with Crippen LogP contribution in [0.3, 0.4) is 0 Å². The van der Waals surface area contributed by atoms with Gasteiger partial charge in [0.05, 0.1) is 5.56 Å². The van der Waals surface area contributed by atoms with Gasteiger partial charge in [-0.25, -0.2) is 14.0 Å². The zero-order valence-corrected chi connectivity index (χ0v) is 11.1. The van der Waals surface area contributed by atoms with E-state index in [0.717, 1.165) is 25.0 Å². The number of urea groups is 1. The van der Waals surface area contributed by atoms with Crippen LogP contribution in [0, 0.1) is 11.7 Å². The Labute approximate surface area is 116 Å². The van der Waals surface area contributed by atoms with E-state index in [9.17, 15) is 14.0 Å². The number of carbonyl (C=O) groups excluding carboxylic acids is 1. The van der Waals surface area contributed by atoms with Crippen LogP contribution >= 0.6 is 0 Å². The molecule has 1 saturated carbocycles. The van der Waals surface area contributed by atoms with Crippen molar-refractivity contribution in [1.29, 1.82) is 0 Å². The van der Waals surface area contributed by atoms with E-state index in [-0.39, 0.29) is 11.7 Å². The van der Waals surface area contributed by atoms with Crippen LogP contribution in [0.2, 0.25) is 0 Å². The number of halogens is 1. The molecule has 5 nitrogen and oxygen atoms in total. The molecule has 3 N–H and O–H groups in total. The molecule has 2 rings (SSSR count). The van der Waals surface area contributed by atoms with Gasteiger partial charge in [-0.15, -0.1) is 0 Å². The molecule has 108 valence electrons. The summed E-state index contributed by atoms with van der Waals surface area (Å²) in [6, 6.07) is 3.12. The van der Waals surface area contributed by atoms with Gasteiger partial charge >= 0.3 is 12.0 Å². The summed E-state index contributed by atoms with van der Waals surface area (Å²) in [5.41, 5.74) is -0.211. The van der Waals surface area contributed by atoms with Crippen LogP contribution in [0.25, 0.3) is 0 Å². The lowest BCUT2D eigenvalue weighted by Crippen LogP contribution is -2.42. The number of hydrogen-bond donors (Lipinski definition) is 3. The lowest BCUT2D eigenvalue weighted by molar-refractivity contribution is 0.0692. The smallest absolute Gasteiger partial charge is 0.338 e. The molecule has 1 aromatic carbocycles. The van der Waals surface area contributed by atoms with E-state index in [1.54, 1.807) is 0 Å². The zero-order chi connectivity index (χ0) is 14.7. The second-order valence-electron chi connectivity index (χ2n) is 5.08. The van der Waals surface area contributed by atoms with Gasteiger partial charge in [0.2, 0.25) is 0 Å². The van der Waals surface area contributed by atoms with E-state index in [2.05, 4.69) is 10.6 Å². The quantitative estimate of drug-likeness (QED) is 0.793. The van der Waals surface area contributed by atoms with Gasteiger partial charge in [-0.1, -0.05) is 6.42 Å². The first-order valence-electron chi connectivity index (χ1n) is 6.57. The second-order valence-corrected chi connectivity index (χ2v) is 5.08. The molecule has 20 heavy (non-hydrogen) atoms. The molecule has 0 spiro atoms. The third kappa shape index (κ3) is 3.26. The van der Waals surface area contributed by atoms with Gasteiger partial charge in [0, 0.05) is 11.7 Å². The summed E-state index contributed by atoms with van der Waals surface area (Å²) in [5, 5.41) is 14.1. The molecule has 0 bridgehead atoms. The Balaban J connectivity index is 1.96. The number of rotatable bonds is 4. The van der Waals surface area contributed by atoms with Gasteiger partial charge < -0.3 is 15.7 Å². The van der Waals surface area contributed by atoms with Gasteiger partial charge in [-0.05, 0) is 43.9 Å². The number of carboxylic acid groups (broad SMARTS) is 1. The first kappa shape index (κ1) is 14.3. The van der Waals surface area contributed by atoms with Crippen molar-refractivity contribution in [3.05, 3.63) is 29.6 Å². The molecule has 6 heteroatoms. The van der Waals surface area contributed by atoms with E-state index in [1.807, 2.05) is 6.92 Å². The number of anilines is 1. The lowest BCUT2D eigenvalue weighted by Gasteiger charge is -2.31. The monoisotopic (exact) mass is 280 g/mol. The van der Waals surface area contributed by atoms with E-state index in [1.165, 1.54) is 12.5 Å². The summed E-state index contributed by atoms with van der Waals surface area (Å²) in [5.74, 6) is -1.69. The van der Waals surface area contributed by atoms with Gasteiger partial charge in [-0.3, -0.25) is 0 Å². The first-order chi connectivity index (χ1) is 9.47. The van der Waals surface area contributed by atoms with Crippen LogP contribution in [0.5, 0.6) is 0 Å². The number of carbonyl (C=O) groups is 2. The molecule has 0 saturated heterocycles. The van der Waals surface area contributed by atoms with Crippen LogP contribution in [0.4, 0.5) is 14.9 Å². The maximum Gasteiger partial charge on any atom is 0.338 e.